The molecular formula is C28H37N5O4. The van der Waals surface area contributed by atoms with E-state index < -0.39 is 5.41 Å². The van der Waals surface area contributed by atoms with Crippen LogP contribution in [0.4, 0.5) is 4.79 Å². The summed E-state index contributed by atoms with van der Waals surface area (Å²) >= 11 is 0. The lowest BCUT2D eigenvalue weighted by atomic mass is 9.78. The second-order valence-electron chi connectivity index (χ2n) is 11.5. The zero-order chi connectivity index (χ0) is 25.6. The average Bonchev–Trinajstić information content (AvgIpc) is 3.63. The van der Waals surface area contributed by atoms with Gasteiger partial charge in [0.05, 0.1) is 18.1 Å². The number of nitrogens with zero attached hydrogens (tertiary/aromatic N) is 5. The van der Waals surface area contributed by atoms with Crippen LogP contribution < -0.4 is 0 Å². The van der Waals surface area contributed by atoms with Crippen molar-refractivity contribution in [2.24, 2.45) is 23.2 Å². The molecule has 4 aliphatic rings. The van der Waals surface area contributed by atoms with Crippen molar-refractivity contribution in [3.05, 3.63) is 47.8 Å². The molecule has 0 radical (unpaired) electrons. The molecule has 2 amide bonds. The first-order valence-electron chi connectivity index (χ1n) is 13.6. The Kier molecular flexibility index (Phi) is 6.52. The summed E-state index contributed by atoms with van der Waals surface area (Å²) in [5, 5.41) is 0. The van der Waals surface area contributed by atoms with Gasteiger partial charge in [0.2, 0.25) is 5.91 Å². The number of hydrogen-bond donors (Lipinski definition) is 0. The van der Waals surface area contributed by atoms with E-state index in [2.05, 4.69) is 16.0 Å². The molecule has 3 aliphatic heterocycles. The molecular weight excluding hydrogens is 470 g/mol. The molecule has 1 aliphatic carbocycles. The van der Waals surface area contributed by atoms with Crippen LogP contribution in [0, 0.1) is 30.1 Å². The Bertz CT molecular complexity index is 1150. The molecule has 0 bridgehead atoms. The van der Waals surface area contributed by atoms with Crippen LogP contribution in [0.5, 0.6) is 0 Å². The van der Waals surface area contributed by atoms with Gasteiger partial charge in [-0.05, 0) is 61.5 Å². The average molecular weight is 508 g/mol. The summed E-state index contributed by atoms with van der Waals surface area (Å²) in [6.07, 6.45) is 11.5. The van der Waals surface area contributed by atoms with Gasteiger partial charge in [-0.25, -0.2) is 9.78 Å². The second-order valence-corrected chi connectivity index (χ2v) is 11.5. The smallest absolute Gasteiger partial charge is 0.329 e. The Morgan fingerprint density at radius 1 is 1.30 bits per heavy atom. The molecule has 2 aromatic heterocycles. The maximum atomic E-state index is 14.4. The fraction of sp³-hybridized carbons (Fsp3) is 0.643. The number of aromatic nitrogens is 3. The molecule has 2 aromatic rings. The maximum absolute atomic E-state index is 14.4. The van der Waals surface area contributed by atoms with Crippen LogP contribution >= 0.6 is 0 Å². The van der Waals surface area contributed by atoms with Crippen LogP contribution in [0.3, 0.4) is 0 Å². The molecule has 0 spiro atoms. The number of amides is 2. The molecule has 198 valence electrons. The maximum Gasteiger partial charge on any atom is 0.329 e. The van der Waals surface area contributed by atoms with Gasteiger partial charge in [-0.1, -0.05) is 6.07 Å². The number of carbonyl (C=O) groups is 2. The van der Waals surface area contributed by atoms with Crippen molar-refractivity contribution in [3.63, 3.8) is 0 Å². The highest BCUT2D eigenvalue weighted by Crippen LogP contribution is 2.54. The molecule has 5 heterocycles. The third kappa shape index (κ3) is 4.46. The van der Waals surface area contributed by atoms with Gasteiger partial charge in [0, 0.05) is 70.6 Å². The molecule has 9 heteroatoms. The fourth-order valence-corrected chi connectivity index (χ4v) is 7.45. The monoisotopic (exact) mass is 507 g/mol. The molecule has 5 atom stereocenters. The highest BCUT2D eigenvalue weighted by atomic mass is 16.5. The van der Waals surface area contributed by atoms with Crippen molar-refractivity contribution in [2.45, 2.75) is 51.7 Å². The molecule has 9 nitrogen and oxygen atoms in total. The number of rotatable bonds is 4. The molecule has 6 rings (SSSR count). The van der Waals surface area contributed by atoms with E-state index in [9.17, 15) is 9.59 Å². The van der Waals surface area contributed by atoms with Gasteiger partial charge in [0.1, 0.15) is 6.33 Å². The summed E-state index contributed by atoms with van der Waals surface area (Å²) in [5.41, 5.74) is 2.83. The van der Waals surface area contributed by atoms with Crippen molar-refractivity contribution in [3.8, 4) is 0 Å². The van der Waals surface area contributed by atoms with Gasteiger partial charge in [-0.3, -0.25) is 14.3 Å². The minimum atomic E-state index is -0.538. The largest absolute Gasteiger partial charge is 0.379 e. The number of aryl methyl sites for hydroxylation is 1. The molecule has 2 unspecified atom stereocenters. The SMILES string of the molecule is COC1COCCC1C[C@@H]1C[C@H]2CN(C(=O)n3ccnc3)C[C@@]2(C(=O)N2CCc3ncc(C)cc3C2)C1. The summed E-state index contributed by atoms with van der Waals surface area (Å²) in [5.74, 6) is 1.27. The van der Waals surface area contributed by atoms with Gasteiger partial charge < -0.3 is 19.3 Å². The minimum Gasteiger partial charge on any atom is -0.379 e. The predicted molar refractivity (Wildman–Crippen MR) is 136 cm³/mol. The van der Waals surface area contributed by atoms with Gasteiger partial charge in [-0.2, -0.15) is 0 Å². The van der Waals surface area contributed by atoms with Gasteiger partial charge in [0.15, 0.2) is 0 Å². The van der Waals surface area contributed by atoms with Crippen LogP contribution in [-0.4, -0.2) is 82.3 Å². The quantitative estimate of drug-likeness (QED) is 0.632. The second kappa shape index (κ2) is 9.83. The summed E-state index contributed by atoms with van der Waals surface area (Å²) < 4.78 is 12.9. The van der Waals surface area contributed by atoms with Crippen molar-refractivity contribution in [2.75, 3.05) is 40.0 Å². The lowest BCUT2D eigenvalue weighted by Crippen LogP contribution is -2.49. The Morgan fingerprint density at radius 2 is 2.19 bits per heavy atom. The minimum absolute atomic E-state index is 0.0942. The van der Waals surface area contributed by atoms with E-state index in [0.717, 1.165) is 55.5 Å². The first-order valence-corrected chi connectivity index (χ1v) is 13.6. The van der Waals surface area contributed by atoms with E-state index in [1.807, 2.05) is 22.9 Å². The molecule has 0 aromatic carbocycles. The molecule has 1 saturated carbocycles. The number of pyridine rings is 1. The van der Waals surface area contributed by atoms with Crippen LogP contribution in [-0.2, 0) is 27.2 Å². The number of carbonyl (C=O) groups excluding carboxylic acids is 2. The predicted octanol–water partition coefficient (Wildman–Crippen LogP) is 2.91. The molecule has 3 fully saturated rings. The summed E-state index contributed by atoms with van der Waals surface area (Å²) in [6, 6.07) is 2.07. The first-order chi connectivity index (χ1) is 18.0. The normalized spacial score (nSPS) is 31.3. The van der Waals surface area contributed by atoms with Crippen molar-refractivity contribution < 1.29 is 19.1 Å². The van der Waals surface area contributed by atoms with E-state index >= 15 is 0 Å². The molecule has 37 heavy (non-hydrogen) atoms. The number of ether oxygens (including phenoxy) is 2. The summed E-state index contributed by atoms with van der Waals surface area (Å²) in [6.45, 7) is 5.84. The number of likely N-dealkylation sites (tertiary alicyclic amines) is 1. The Balaban J connectivity index is 1.24. The fourth-order valence-electron chi connectivity index (χ4n) is 7.45. The Labute approximate surface area is 218 Å². The molecule has 2 saturated heterocycles. The first kappa shape index (κ1) is 24.6. The van der Waals surface area contributed by atoms with Crippen LogP contribution in [0.1, 0.15) is 42.5 Å². The van der Waals surface area contributed by atoms with E-state index in [0.29, 0.717) is 44.6 Å². The number of fused-ring (bicyclic) bond motifs is 2. The van der Waals surface area contributed by atoms with Crippen molar-refractivity contribution in [1.29, 1.82) is 0 Å². The van der Waals surface area contributed by atoms with E-state index in [1.54, 1.807) is 25.8 Å². The third-order valence-electron chi connectivity index (χ3n) is 9.23. The lowest BCUT2D eigenvalue weighted by Gasteiger charge is -2.37. The topological polar surface area (TPSA) is 89.8 Å². The number of methoxy groups -OCH3 is 1. The highest BCUT2D eigenvalue weighted by Gasteiger charge is 2.59. The van der Waals surface area contributed by atoms with E-state index in [-0.39, 0.29) is 24.0 Å². The lowest BCUT2D eigenvalue weighted by molar-refractivity contribution is -0.144. The Hall–Kier alpha value is -2.78. The van der Waals surface area contributed by atoms with Crippen molar-refractivity contribution >= 4 is 11.9 Å². The van der Waals surface area contributed by atoms with Crippen LogP contribution in [0.15, 0.2) is 31.0 Å². The van der Waals surface area contributed by atoms with Gasteiger partial charge in [0.25, 0.3) is 0 Å². The Morgan fingerprint density at radius 3 is 3.00 bits per heavy atom. The standard InChI is InChI=1S/C28H37N5O4/c1-19-9-22-14-31(6-3-24(22)30-13-19)26(34)28-12-20(10-21-4-8-37-16-25(21)36-2)11-23(28)15-33(17-28)27(35)32-7-5-29-18-32/h5,7,9,13,18,20-21,23,25H,3-4,6,8,10-12,14-17H2,1-2H3/t20-,21?,23+,25?,28+/m1/s1. The summed E-state index contributed by atoms with van der Waals surface area (Å²) in [4.78, 5) is 40.2. The van der Waals surface area contributed by atoms with Gasteiger partial charge in [-0.15, -0.1) is 0 Å². The van der Waals surface area contributed by atoms with E-state index in [4.69, 9.17) is 9.47 Å². The summed E-state index contributed by atoms with van der Waals surface area (Å²) in [7, 11) is 1.77. The van der Waals surface area contributed by atoms with Crippen molar-refractivity contribution in [1.82, 2.24) is 24.3 Å². The van der Waals surface area contributed by atoms with Gasteiger partial charge >= 0.3 is 6.03 Å². The zero-order valence-electron chi connectivity index (χ0n) is 21.8. The van der Waals surface area contributed by atoms with Crippen LogP contribution in [0.25, 0.3) is 0 Å². The number of hydrogen-bond acceptors (Lipinski definition) is 6. The van der Waals surface area contributed by atoms with E-state index in [1.165, 1.54) is 4.57 Å². The highest BCUT2D eigenvalue weighted by molar-refractivity contribution is 5.86. The number of imidazole rings is 1. The third-order valence-corrected chi connectivity index (χ3v) is 9.23. The molecule has 0 N–H and O–H groups in total. The zero-order valence-corrected chi connectivity index (χ0v) is 21.8. The van der Waals surface area contributed by atoms with Crippen LogP contribution in [0.2, 0.25) is 0 Å².